The first-order valence-corrected chi connectivity index (χ1v) is 6.90. The third kappa shape index (κ3) is 2.20. The molecule has 3 aliphatic rings. The van der Waals surface area contributed by atoms with Crippen molar-refractivity contribution < 1.29 is 9.53 Å². The Labute approximate surface area is 102 Å². The minimum Gasteiger partial charge on any atom is -0.368 e. The summed E-state index contributed by atoms with van der Waals surface area (Å²) in [6, 6.07) is 0.356. The Morgan fingerprint density at radius 2 is 2.00 bits per heavy atom. The number of hydrogen-bond acceptors (Lipinski definition) is 3. The molecule has 4 atom stereocenters. The predicted octanol–water partition coefficient (Wildman–Crippen LogP) is 0.751. The van der Waals surface area contributed by atoms with E-state index in [2.05, 4.69) is 0 Å². The molecule has 1 aliphatic carbocycles. The Bertz CT molecular complexity index is 302. The Morgan fingerprint density at radius 3 is 2.76 bits per heavy atom. The molecule has 4 heteroatoms. The van der Waals surface area contributed by atoms with E-state index in [0.717, 1.165) is 45.4 Å². The van der Waals surface area contributed by atoms with E-state index in [0.29, 0.717) is 17.9 Å². The van der Waals surface area contributed by atoms with Gasteiger partial charge in [-0.15, -0.1) is 0 Å². The van der Waals surface area contributed by atoms with Gasteiger partial charge in [-0.1, -0.05) is 0 Å². The van der Waals surface area contributed by atoms with Crippen molar-refractivity contribution in [3.05, 3.63) is 0 Å². The molecule has 0 aromatic heterocycles. The Balaban J connectivity index is 1.61. The fourth-order valence-electron chi connectivity index (χ4n) is 3.62. The number of carbonyl (C=O) groups is 1. The summed E-state index contributed by atoms with van der Waals surface area (Å²) in [5.41, 5.74) is 6.01. The monoisotopic (exact) mass is 238 g/mol. The van der Waals surface area contributed by atoms with Crippen LogP contribution in [0.3, 0.4) is 0 Å². The van der Waals surface area contributed by atoms with Crippen molar-refractivity contribution in [3.8, 4) is 0 Å². The second-order valence-electron chi connectivity index (χ2n) is 5.84. The third-order valence-electron chi connectivity index (χ3n) is 4.61. The average molecular weight is 238 g/mol. The molecule has 0 bridgehead atoms. The molecule has 4 nitrogen and oxygen atoms in total. The van der Waals surface area contributed by atoms with Crippen LogP contribution in [0.15, 0.2) is 0 Å². The predicted molar refractivity (Wildman–Crippen MR) is 64.4 cm³/mol. The van der Waals surface area contributed by atoms with Crippen LogP contribution in [0, 0.1) is 11.8 Å². The highest BCUT2D eigenvalue weighted by atomic mass is 16.5. The molecule has 3 rings (SSSR count). The maximum Gasteiger partial charge on any atom is 0.251 e. The number of fused-ring (bicyclic) bond motifs is 1. The first-order valence-electron chi connectivity index (χ1n) is 6.90. The maximum atomic E-state index is 12.2. The Kier molecular flexibility index (Phi) is 3.09. The first-order chi connectivity index (χ1) is 8.24. The van der Waals surface area contributed by atoms with Gasteiger partial charge in [0.1, 0.15) is 6.10 Å². The van der Waals surface area contributed by atoms with E-state index in [1.165, 1.54) is 6.42 Å². The van der Waals surface area contributed by atoms with Crippen LogP contribution in [-0.4, -0.2) is 42.6 Å². The number of nitrogens with zero attached hydrogens (tertiary/aromatic N) is 1. The van der Waals surface area contributed by atoms with E-state index in [-0.39, 0.29) is 12.0 Å². The van der Waals surface area contributed by atoms with Crippen LogP contribution in [0.5, 0.6) is 0 Å². The minimum absolute atomic E-state index is 0.149. The summed E-state index contributed by atoms with van der Waals surface area (Å²) in [7, 11) is 0. The molecule has 0 spiro atoms. The molecule has 0 radical (unpaired) electrons. The molecule has 2 aliphatic heterocycles. The van der Waals surface area contributed by atoms with E-state index in [9.17, 15) is 4.79 Å². The van der Waals surface area contributed by atoms with Gasteiger partial charge in [0, 0.05) is 25.7 Å². The van der Waals surface area contributed by atoms with Crippen molar-refractivity contribution in [3.63, 3.8) is 0 Å². The van der Waals surface area contributed by atoms with Crippen molar-refractivity contribution in [1.82, 2.24) is 4.90 Å². The normalized spacial score (nSPS) is 41.6. The summed E-state index contributed by atoms with van der Waals surface area (Å²) in [6.07, 6.45) is 5.21. The Morgan fingerprint density at radius 1 is 1.18 bits per heavy atom. The van der Waals surface area contributed by atoms with Crippen LogP contribution in [0.25, 0.3) is 0 Å². The van der Waals surface area contributed by atoms with Crippen LogP contribution in [0.4, 0.5) is 0 Å². The van der Waals surface area contributed by atoms with Gasteiger partial charge in [-0.05, 0) is 43.9 Å². The van der Waals surface area contributed by atoms with Crippen LogP contribution in [0.2, 0.25) is 0 Å². The zero-order chi connectivity index (χ0) is 11.8. The molecule has 17 heavy (non-hydrogen) atoms. The lowest BCUT2D eigenvalue weighted by atomic mass is 9.79. The van der Waals surface area contributed by atoms with Gasteiger partial charge >= 0.3 is 0 Å². The molecule has 2 N–H and O–H groups in total. The SMILES string of the molecule is NC1CC[C@H]2CN(C(=O)C3CCCO3)C[C@H]2C1. The Hall–Kier alpha value is -0.610. The zero-order valence-corrected chi connectivity index (χ0v) is 10.3. The van der Waals surface area contributed by atoms with Crippen LogP contribution < -0.4 is 5.73 Å². The van der Waals surface area contributed by atoms with E-state index < -0.39 is 0 Å². The van der Waals surface area contributed by atoms with Gasteiger partial charge < -0.3 is 15.4 Å². The topological polar surface area (TPSA) is 55.6 Å². The molecule has 2 unspecified atom stereocenters. The molecule has 2 heterocycles. The van der Waals surface area contributed by atoms with Gasteiger partial charge in [0.25, 0.3) is 5.91 Å². The molecular weight excluding hydrogens is 216 g/mol. The molecule has 0 aromatic carbocycles. The number of carbonyl (C=O) groups excluding carboxylic acids is 1. The number of likely N-dealkylation sites (tertiary alicyclic amines) is 1. The molecule has 0 aromatic rings. The van der Waals surface area contributed by atoms with E-state index in [4.69, 9.17) is 10.5 Å². The summed E-state index contributed by atoms with van der Waals surface area (Å²) in [5, 5.41) is 0. The molecule has 96 valence electrons. The van der Waals surface area contributed by atoms with E-state index >= 15 is 0 Å². The highest BCUT2D eigenvalue weighted by Crippen LogP contribution is 2.36. The van der Waals surface area contributed by atoms with Crippen molar-refractivity contribution in [2.75, 3.05) is 19.7 Å². The fraction of sp³-hybridized carbons (Fsp3) is 0.923. The zero-order valence-electron chi connectivity index (χ0n) is 10.3. The van der Waals surface area contributed by atoms with Crippen LogP contribution in [-0.2, 0) is 9.53 Å². The standard InChI is InChI=1S/C13H22N2O2/c14-11-4-3-9-7-15(8-10(9)6-11)13(16)12-2-1-5-17-12/h9-12H,1-8,14H2/t9-,10+,11?,12?/m0/s1. The molecule has 1 saturated carbocycles. The molecule has 1 amide bonds. The van der Waals surface area contributed by atoms with Gasteiger partial charge in [0.15, 0.2) is 0 Å². The van der Waals surface area contributed by atoms with Crippen molar-refractivity contribution >= 4 is 5.91 Å². The second-order valence-corrected chi connectivity index (χ2v) is 5.84. The highest BCUT2D eigenvalue weighted by Gasteiger charge is 2.40. The number of ether oxygens (including phenoxy) is 1. The highest BCUT2D eigenvalue weighted by molar-refractivity contribution is 5.81. The van der Waals surface area contributed by atoms with Gasteiger partial charge in [0.2, 0.25) is 0 Å². The van der Waals surface area contributed by atoms with Crippen LogP contribution in [0.1, 0.15) is 32.1 Å². The quantitative estimate of drug-likeness (QED) is 0.733. The van der Waals surface area contributed by atoms with Gasteiger partial charge in [-0.3, -0.25) is 4.79 Å². The molecule has 3 fully saturated rings. The van der Waals surface area contributed by atoms with Crippen molar-refractivity contribution in [2.24, 2.45) is 17.6 Å². The van der Waals surface area contributed by atoms with Crippen LogP contribution >= 0.6 is 0 Å². The summed E-state index contributed by atoms with van der Waals surface area (Å²) in [4.78, 5) is 14.3. The van der Waals surface area contributed by atoms with Crippen molar-refractivity contribution in [2.45, 2.75) is 44.2 Å². The number of hydrogen-bond donors (Lipinski definition) is 1. The summed E-state index contributed by atoms with van der Waals surface area (Å²) < 4.78 is 5.49. The number of nitrogens with two attached hydrogens (primary N) is 1. The van der Waals surface area contributed by atoms with Gasteiger partial charge in [-0.25, -0.2) is 0 Å². The minimum atomic E-state index is -0.149. The lowest BCUT2D eigenvalue weighted by Crippen LogP contribution is -2.37. The third-order valence-corrected chi connectivity index (χ3v) is 4.61. The lowest BCUT2D eigenvalue weighted by molar-refractivity contribution is -0.140. The molecule has 2 saturated heterocycles. The summed E-state index contributed by atoms with van der Waals surface area (Å²) in [5.74, 6) is 1.56. The summed E-state index contributed by atoms with van der Waals surface area (Å²) >= 11 is 0. The second kappa shape index (κ2) is 4.58. The van der Waals surface area contributed by atoms with E-state index in [1.807, 2.05) is 4.90 Å². The number of amides is 1. The summed E-state index contributed by atoms with van der Waals surface area (Å²) in [6.45, 7) is 2.61. The van der Waals surface area contributed by atoms with Crippen molar-refractivity contribution in [1.29, 1.82) is 0 Å². The number of rotatable bonds is 1. The average Bonchev–Trinajstić information content (AvgIpc) is 2.96. The first kappa shape index (κ1) is 11.5. The van der Waals surface area contributed by atoms with E-state index in [1.54, 1.807) is 0 Å². The van der Waals surface area contributed by atoms with Gasteiger partial charge in [0.05, 0.1) is 0 Å². The maximum absolute atomic E-state index is 12.2. The van der Waals surface area contributed by atoms with Gasteiger partial charge in [-0.2, -0.15) is 0 Å². The smallest absolute Gasteiger partial charge is 0.251 e. The molecular formula is C13H22N2O2. The lowest BCUT2D eigenvalue weighted by Gasteiger charge is -2.27. The largest absolute Gasteiger partial charge is 0.368 e. The fourth-order valence-corrected chi connectivity index (χ4v) is 3.62.